The van der Waals surface area contributed by atoms with Crippen LogP contribution in [0.2, 0.25) is 0 Å². The first-order valence-corrected chi connectivity index (χ1v) is 8.26. The van der Waals surface area contributed by atoms with Crippen LogP contribution in [0.1, 0.15) is 45.7 Å². The average molecular weight is 335 g/mol. The fourth-order valence-corrected chi connectivity index (χ4v) is 2.43. The Kier molecular flexibility index (Phi) is 7.26. The standard InChI is InChI=1S/C19H29NO4/c1-13(17(21)23-6)10-15-8-7-9-16(12-15)11-14(2)20-18(22)24-19(3,4)5/h7-9,12-14H,10-11H2,1-6H3,(H,20,22). The van der Waals surface area contributed by atoms with E-state index in [2.05, 4.69) is 11.4 Å². The van der Waals surface area contributed by atoms with Crippen molar-refractivity contribution < 1.29 is 19.1 Å². The van der Waals surface area contributed by atoms with Crippen LogP contribution in [0, 0.1) is 5.92 Å². The second-order valence-corrected chi connectivity index (χ2v) is 7.20. The van der Waals surface area contributed by atoms with Crippen LogP contribution in [0.15, 0.2) is 24.3 Å². The van der Waals surface area contributed by atoms with Crippen molar-refractivity contribution in [2.45, 2.75) is 59.1 Å². The zero-order valence-corrected chi connectivity index (χ0v) is 15.5. The van der Waals surface area contributed by atoms with Gasteiger partial charge in [-0.25, -0.2) is 4.79 Å². The molecule has 1 aromatic carbocycles. The predicted molar refractivity (Wildman–Crippen MR) is 93.9 cm³/mol. The van der Waals surface area contributed by atoms with Crippen LogP contribution < -0.4 is 5.32 Å². The minimum Gasteiger partial charge on any atom is -0.469 e. The summed E-state index contributed by atoms with van der Waals surface area (Å²) < 4.78 is 10.0. The highest BCUT2D eigenvalue weighted by atomic mass is 16.6. The Bertz CT molecular complexity index is 563. The van der Waals surface area contributed by atoms with Gasteiger partial charge in [-0.1, -0.05) is 31.2 Å². The van der Waals surface area contributed by atoms with Crippen LogP contribution >= 0.6 is 0 Å². The Morgan fingerprint density at radius 2 is 1.71 bits per heavy atom. The molecule has 0 aromatic heterocycles. The molecule has 5 nitrogen and oxygen atoms in total. The summed E-state index contributed by atoms with van der Waals surface area (Å²) in [6.07, 6.45) is 0.916. The van der Waals surface area contributed by atoms with Crippen LogP contribution in [0.3, 0.4) is 0 Å². The van der Waals surface area contributed by atoms with Gasteiger partial charge in [0.1, 0.15) is 5.60 Å². The van der Waals surface area contributed by atoms with Gasteiger partial charge >= 0.3 is 12.1 Å². The summed E-state index contributed by atoms with van der Waals surface area (Å²) in [4.78, 5) is 23.3. The second kappa shape index (κ2) is 8.71. The number of rotatable bonds is 6. The Morgan fingerprint density at radius 3 is 2.25 bits per heavy atom. The summed E-state index contributed by atoms with van der Waals surface area (Å²) in [6.45, 7) is 9.30. The largest absolute Gasteiger partial charge is 0.469 e. The maximum absolute atomic E-state index is 11.8. The van der Waals surface area contributed by atoms with E-state index < -0.39 is 11.7 Å². The van der Waals surface area contributed by atoms with Gasteiger partial charge in [-0.05, 0) is 51.7 Å². The molecule has 0 aliphatic heterocycles. The normalized spacial score (nSPS) is 13.8. The van der Waals surface area contributed by atoms with Crippen molar-refractivity contribution in [1.29, 1.82) is 0 Å². The Morgan fingerprint density at radius 1 is 1.12 bits per heavy atom. The average Bonchev–Trinajstić information content (AvgIpc) is 2.44. The molecule has 2 unspecified atom stereocenters. The lowest BCUT2D eigenvalue weighted by Crippen LogP contribution is -2.38. The molecule has 2 atom stereocenters. The molecule has 0 saturated heterocycles. The number of carbonyl (C=O) groups is 2. The Hall–Kier alpha value is -2.04. The summed E-state index contributed by atoms with van der Waals surface area (Å²) in [5, 5.41) is 2.84. The zero-order valence-electron chi connectivity index (χ0n) is 15.5. The molecule has 5 heteroatoms. The van der Waals surface area contributed by atoms with E-state index in [1.807, 2.05) is 52.8 Å². The number of hydrogen-bond donors (Lipinski definition) is 1. The Balaban J connectivity index is 2.60. The molecule has 0 radical (unpaired) electrons. The fourth-order valence-electron chi connectivity index (χ4n) is 2.43. The summed E-state index contributed by atoms with van der Waals surface area (Å²) in [7, 11) is 1.40. The zero-order chi connectivity index (χ0) is 18.3. The van der Waals surface area contributed by atoms with E-state index in [4.69, 9.17) is 9.47 Å². The molecular formula is C19H29NO4. The lowest BCUT2D eigenvalue weighted by atomic mass is 9.97. The van der Waals surface area contributed by atoms with Gasteiger partial charge < -0.3 is 14.8 Å². The Labute approximate surface area is 144 Å². The number of nitrogens with one attached hydrogen (secondary N) is 1. The van der Waals surface area contributed by atoms with E-state index in [9.17, 15) is 9.59 Å². The summed E-state index contributed by atoms with van der Waals surface area (Å²) in [5.41, 5.74) is 1.68. The minimum atomic E-state index is -0.506. The molecule has 1 aromatic rings. The fraction of sp³-hybridized carbons (Fsp3) is 0.579. The van der Waals surface area contributed by atoms with Crippen LogP contribution in [0.5, 0.6) is 0 Å². The van der Waals surface area contributed by atoms with E-state index in [0.717, 1.165) is 11.1 Å². The molecule has 134 valence electrons. The van der Waals surface area contributed by atoms with E-state index in [1.165, 1.54) is 7.11 Å². The van der Waals surface area contributed by atoms with Crippen molar-refractivity contribution in [2.75, 3.05) is 7.11 Å². The third kappa shape index (κ3) is 7.49. The van der Waals surface area contributed by atoms with Crippen molar-refractivity contribution in [3.63, 3.8) is 0 Å². The number of amides is 1. The highest BCUT2D eigenvalue weighted by Crippen LogP contribution is 2.14. The van der Waals surface area contributed by atoms with Gasteiger partial charge in [-0.15, -0.1) is 0 Å². The number of carbonyl (C=O) groups excluding carboxylic acids is 2. The molecule has 0 spiro atoms. The topological polar surface area (TPSA) is 64.6 Å². The second-order valence-electron chi connectivity index (χ2n) is 7.20. The lowest BCUT2D eigenvalue weighted by Gasteiger charge is -2.22. The van der Waals surface area contributed by atoms with Crippen molar-refractivity contribution in [3.05, 3.63) is 35.4 Å². The van der Waals surface area contributed by atoms with Crippen LogP contribution in [-0.4, -0.2) is 30.8 Å². The highest BCUT2D eigenvalue weighted by Gasteiger charge is 2.18. The number of ether oxygens (including phenoxy) is 2. The maximum atomic E-state index is 11.8. The van der Waals surface area contributed by atoms with Gasteiger partial charge in [0, 0.05) is 6.04 Å². The van der Waals surface area contributed by atoms with Gasteiger partial charge in [0.15, 0.2) is 0 Å². The van der Waals surface area contributed by atoms with Crippen molar-refractivity contribution in [1.82, 2.24) is 5.32 Å². The third-order valence-electron chi connectivity index (χ3n) is 3.44. The molecule has 0 bridgehead atoms. The summed E-state index contributed by atoms with van der Waals surface area (Å²) in [5.74, 6) is -0.386. The molecule has 1 amide bonds. The summed E-state index contributed by atoms with van der Waals surface area (Å²) >= 11 is 0. The SMILES string of the molecule is COC(=O)C(C)Cc1cccc(CC(C)NC(=O)OC(C)(C)C)c1. The molecule has 0 heterocycles. The molecule has 0 saturated carbocycles. The number of esters is 1. The van der Waals surface area contributed by atoms with E-state index in [1.54, 1.807) is 0 Å². The van der Waals surface area contributed by atoms with Crippen LogP contribution in [0.25, 0.3) is 0 Å². The summed E-state index contributed by atoms with van der Waals surface area (Å²) in [6, 6.07) is 7.99. The molecule has 0 aliphatic rings. The smallest absolute Gasteiger partial charge is 0.407 e. The molecule has 1 rings (SSSR count). The molecule has 0 fully saturated rings. The number of methoxy groups -OCH3 is 1. The first-order valence-electron chi connectivity index (χ1n) is 8.26. The van der Waals surface area contributed by atoms with Crippen molar-refractivity contribution >= 4 is 12.1 Å². The number of alkyl carbamates (subject to hydrolysis) is 1. The van der Waals surface area contributed by atoms with Crippen molar-refractivity contribution in [2.24, 2.45) is 5.92 Å². The van der Waals surface area contributed by atoms with Gasteiger partial charge in [0.25, 0.3) is 0 Å². The number of hydrogen-bond acceptors (Lipinski definition) is 4. The van der Waals surface area contributed by atoms with Crippen molar-refractivity contribution in [3.8, 4) is 0 Å². The van der Waals surface area contributed by atoms with Gasteiger partial charge in [-0.3, -0.25) is 4.79 Å². The highest BCUT2D eigenvalue weighted by molar-refractivity contribution is 5.72. The van der Waals surface area contributed by atoms with E-state index in [0.29, 0.717) is 12.8 Å². The third-order valence-corrected chi connectivity index (χ3v) is 3.44. The minimum absolute atomic E-state index is 0.0480. The predicted octanol–water partition coefficient (Wildman–Crippen LogP) is 3.49. The quantitative estimate of drug-likeness (QED) is 0.808. The van der Waals surface area contributed by atoms with Crippen LogP contribution in [-0.2, 0) is 27.1 Å². The van der Waals surface area contributed by atoms with Gasteiger partial charge in [0.2, 0.25) is 0 Å². The molecule has 24 heavy (non-hydrogen) atoms. The monoisotopic (exact) mass is 335 g/mol. The first-order chi connectivity index (χ1) is 11.1. The molecular weight excluding hydrogens is 306 g/mol. The maximum Gasteiger partial charge on any atom is 0.407 e. The lowest BCUT2D eigenvalue weighted by molar-refractivity contribution is -0.144. The molecule has 0 aliphatic carbocycles. The number of benzene rings is 1. The van der Waals surface area contributed by atoms with E-state index in [-0.39, 0.29) is 17.9 Å². The van der Waals surface area contributed by atoms with Gasteiger partial charge in [-0.2, -0.15) is 0 Å². The van der Waals surface area contributed by atoms with E-state index >= 15 is 0 Å². The van der Waals surface area contributed by atoms with Crippen LogP contribution in [0.4, 0.5) is 4.79 Å². The van der Waals surface area contributed by atoms with Gasteiger partial charge in [0.05, 0.1) is 13.0 Å². The molecule has 1 N–H and O–H groups in total. The first kappa shape index (κ1) is 20.0.